The van der Waals surface area contributed by atoms with Crippen molar-refractivity contribution in [3.8, 4) is 11.5 Å². The van der Waals surface area contributed by atoms with Crippen molar-refractivity contribution in [2.45, 2.75) is 0 Å². The van der Waals surface area contributed by atoms with Gasteiger partial charge in [-0.3, -0.25) is 4.79 Å². The molecule has 0 aromatic heterocycles. The summed E-state index contributed by atoms with van der Waals surface area (Å²) in [5, 5.41) is 8.54. The normalized spacial score (nSPS) is 10.7. The van der Waals surface area contributed by atoms with Crippen LogP contribution in [0.25, 0.3) is 10.8 Å². The second kappa shape index (κ2) is 9.23. The van der Waals surface area contributed by atoms with Gasteiger partial charge in [0.2, 0.25) is 0 Å². The number of ether oxygens (including phenoxy) is 2. The number of anilines is 1. The van der Waals surface area contributed by atoms with E-state index in [1.165, 1.54) is 13.3 Å². The number of rotatable bonds is 7. The Morgan fingerprint density at radius 2 is 1.86 bits per heavy atom. The molecule has 3 rings (SSSR count). The largest absolute Gasteiger partial charge is 0.493 e. The van der Waals surface area contributed by atoms with Crippen LogP contribution in [0.3, 0.4) is 0 Å². The minimum Gasteiger partial charge on any atom is -0.493 e. The lowest BCUT2D eigenvalue weighted by Crippen LogP contribution is -2.24. The second-order valence-corrected chi connectivity index (χ2v) is 6.01. The van der Waals surface area contributed by atoms with Gasteiger partial charge in [0, 0.05) is 11.1 Å². The third-order valence-electron chi connectivity index (χ3n) is 4.00. The molecule has 0 aliphatic heterocycles. The maximum absolute atomic E-state index is 12.4. The van der Waals surface area contributed by atoms with Crippen molar-refractivity contribution in [3.63, 3.8) is 0 Å². The first-order valence-electron chi connectivity index (χ1n) is 8.74. The maximum atomic E-state index is 12.4. The Kier molecular flexibility index (Phi) is 6.26. The predicted octanol–water partition coefficient (Wildman–Crippen LogP) is 2.87. The Bertz CT molecular complexity index is 1060. The number of hydrogen-bond acceptors (Lipinski definition) is 5. The van der Waals surface area contributed by atoms with E-state index in [1.807, 2.05) is 42.5 Å². The van der Waals surface area contributed by atoms with Gasteiger partial charge in [-0.25, -0.2) is 10.2 Å². The number of nitrogens with one attached hydrogen (secondary N) is 2. The lowest BCUT2D eigenvalue weighted by Gasteiger charge is -2.12. The molecular formula is C21H20N4O4. The highest BCUT2D eigenvalue weighted by Crippen LogP contribution is 2.28. The van der Waals surface area contributed by atoms with Crippen LogP contribution in [-0.4, -0.2) is 31.9 Å². The average molecular weight is 392 g/mol. The van der Waals surface area contributed by atoms with Crippen molar-refractivity contribution < 1.29 is 19.1 Å². The van der Waals surface area contributed by atoms with E-state index in [9.17, 15) is 9.59 Å². The number of carbonyl (C=O) groups excluding carboxylic acids is 2. The summed E-state index contributed by atoms with van der Waals surface area (Å²) in [7, 11) is 1.49. The zero-order valence-electron chi connectivity index (χ0n) is 15.7. The quantitative estimate of drug-likeness (QED) is 0.423. The van der Waals surface area contributed by atoms with E-state index in [0.29, 0.717) is 17.1 Å². The van der Waals surface area contributed by atoms with Gasteiger partial charge in [-0.05, 0) is 35.2 Å². The molecule has 3 aromatic carbocycles. The molecule has 0 radical (unpaired) electrons. The fourth-order valence-electron chi connectivity index (χ4n) is 2.72. The Morgan fingerprint density at radius 3 is 2.66 bits per heavy atom. The van der Waals surface area contributed by atoms with Gasteiger partial charge < -0.3 is 20.5 Å². The Labute approximate surface area is 167 Å². The Balaban J connectivity index is 1.65. The molecule has 0 unspecified atom stereocenters. The fourth-order valence-corrected chi connectivity index (χ4v) is 2.72. The first-order valence-corrected chi connectivity index (χ1v) is 8.74. The SMILES string of the molecule is COc1cc(/C=N/NC(N)=O)ccc1OCC(=O)Nc1cccc2ccccc12. The number of urea groups is 1. The summed E-state index contributed by atoms with van der Waals surface area (Å²) in [6.07, 6.45) is 1.41. The van der Waals surface area contributed by atoms with Crippen molar-refractivity contribution >= 4 is 34.6 Å². The maximum Gasteiger partial charge on any atom is 0.332 e. The van der Waals surface area contributed by atoms with Gasteiger partial charge in [-0.2, -0.15) is 5.10 Å². The highest BCUT2D eigenvalue weighted by Gasteiger charge is 2.10. The number of nitrogens with zero attached hydrogens (tertiary/aromatic N) is 1. The van der Waals surface area contributed by atoms with E-state index in [2.05, 4.69) is 15.8 Å². The number of methoxy groups -OCH3 is 1. The standard InChI is InChI=1S/C21H20N4O4/c1-28-19-11-14(12-23-25-21(22)27)9-10-18(19)29-13-20(26)24-17-8-4-6-15-5-2-3-7-16(15)17/h2-12H,13H2,1H3,(H,24,26)(H3,22,25,27)/b23-12+. The third kappa shape index (κ3) is 5.23. The minimum absolute atomic E-state index is 0.184. The minimum atomic E-state index is -0.759. The number of hydrazone groups is 1. The molecule has 0 atom stereocenters. The molecule has 148 valence electrons. The van der Waals surface area contributed by atoms with Gasteiger partial charge in [0.25, 0.3) is 5.91 Å². The van der Waals surface area contributed by atoms with Crippen LogP contribution in [0.15, 0.2) is 65.8 Å². The second-order valence-electron chi connectivity index (χ2n) is 6.01. The van der Waals surface area contributed by atoms with Crippen molar-refractivity contribution in [1.29, 1.82) is 0 Å². The van der Waals surface area contributed by atoms with Crippen LogP contribution in [0.4, 0.5) is 10.5 Å². The average Bonchev–Trinajstić information content (AvgIpc) is 2.72. The summed E-state index contributed by atoms with van der Waals surface area (Å²) >= 11 is 0. The first-order chi connectivity index (χ1) is 14.1. The summed E-state index contributed by atoms with van der Waals surface area (Å²) < 4.78 is 10.9. The number of benzene rings is 3. The summed E-state index contributed by atoms with van der Waals surface area (Å²) in [5.41, 5.74) is 8.42. The lowest BCUT2D eigenvalue weighted by molar-refractivity contribution is -0.118. The van der Waals surface area contributed by atoms with Crippen LogP contribution >= 0.6 is 0 Å². The predicted molar refractivity (Wildman–Crippen MR) is 111 cm³/mol. The van der Waals surface area contributed by atoms with Crippen LogP contribution in [-0.2, 0) is 4.79 Å². The van der Waals surface area contributed by atoms with Crippen molar-refractivity contribution in [1.82, 2.24) is 5.43 Å². The molecule has 4 N–H and O–H groups in total. The number of primary amides is 1. The highest BCUT2D eigenvalue weighted by atomic mass is 16.5. The molecule has 3 amide bonds. The fraction of sp³-hybridized carbons (Fsp3) is 0.0952. The number of amides is 3. The van der Waals surface area contributed by atoms with Gasteiger partial charge in [0.05, 0.1) is 13.3 Å². The van der Waals surface area contributed by atoms with Gasteiger partial charge in [0.15, 0.2) is 18.1 Å². The molecule has 0 heterocycles. The summed E-state index contributed by atoms with van der Waals surface area (Å²) in [5.74, 6) is 0.534. The molecule has 29 heavy (non-hydrogen) atoms. The summed E-state index contributed by atoms with van der Waals surface area (Å²) in [4.78, 5) is 23.0. The van der Waals surface area contributed by atoms with E-state index in [0.717, 1.165) is 16.5 Å². The molecule has 0 saturated heterocycles. The number of fused-ring (bicyclic) bond motifs is 1. The molecule has 0 bridgehead atoms. The van der Waals surface area contributed by atoms with Gasteiger partial charge >= 0.3 is 6.03 Å². The molecule has 8 nitrogen and oxygen atoms in total. The summed E-state index contributed by atoms with van der Waals surface area (Å²) in [6.45, 7) is -0.184. The van der Waals surface area contributed by atoms with Crippen molar-refractivity contribution in [2.75, 3.05) is 19.0 Å². The van der Waals surface area contributed by atoms with Crippen LogP contribution in [0, 0.1) is 0 Å². The summed E-state index contributed by atoms with van der Waals surface area (Å²) in [6, 6.07) is 17.8. The Hall–Kier alpha value is -4.07. The smallest absolute Gasteiger partial charge is 0.332 e. The van der Waals surface area contributed by atoms with Gasteiger partial charge in [0.1, 0.15) is 0 Å². The Morgan fingerprint density at radius 1 is 1.07 bits per heavy atom. The number of carbonyl (C=O) groups is 2. The van der Waals surface area contributed by atoms with E-state index < -0.39 is 6.03 Å². The molecule has 3 aromatic rings. The van der Waals surface area contributed by atoms with Gasteiger partial charge in [-0.1, -0.05) is 36.4 Å². The molecule has 0 fully saturated rings. The van der Waals surface area contributed by atoms with Crippen molar-refractivity contribution in [3.05, 3.63) is 66.2 Å². The molecule has 0 aliphatic rings. The van der Waals surface area contributed by atoms with Crippen LogP contribution in [0.5, 0.6) is 11.5 Å². The monoisotopic (exact) mass is 392 g/mol. The van der Waals surface area contributed by atoms with Crippen LogP contribution in [0.2, 0.25) is 0 Å². The molecular weight excluding hydrogens is 372 g/mol. The number of hydrogen-bond donors (Lipinski definition) is 3. The zero-order chi connectivity index (χ0) is 20.6. The van der Waals surface area contributed by atoms with E-state index in [-0.39, 0.29) is 12.5 Å². The molecule has 0 aliphatic carbocycles. The van der Waals surface area contributed by atoms with E-state index in [1.54, 1.807) is 18.2 Å². The van der Waals surface area contributed by atoms with E-state index in [4.69, 9.17) is 15.2 Å². The highest BCUT2D eigenvalue weighted by molar-refractivity contribution is 6.02. The lowest BCUT2D eigenvalue weighted by atomic mass is 10.1. The molecule has 0 saturated carbocycles. The van der Waals surface area contributed by atoms with Crippen LogP contribution in [0.1, 0.15) is 5.56 Å². The number of nitrogens with two attached hydrogens (primary N) is 1. The van der Waals surface area contributed by atoms with Gasteiger partial charge in [-0.15, -0.1) is 0 Å². The van der Waals surface area contributed by atoms with E-state index >= 15 is 0 Å². The van der Waals surface area contributed by atoms with Crippen LogP contribution < -0.4 is 25.9 Å². The van der Waals surface area contributed by atoms with Crippen molar-refractivity contribution in [2.24, 2.45) is 10.8 Å². The topological polar surface area (TPSA) is 115 Å². The zero-order valence-corrected chi connectivity index (χ0v) is 15.7. The molecule has 0 spiro atoms. The first kappa shape index (κ1) is 19.7. The molecule has 8 heteroatoms. The third-order valence-corrected chi connectivity index (χ3v) is 4.00.